The SMILES string of the molecule is CNC(C)c1ccc(Br)cc1N1CCCOCC1. The summed E-state index contributed by atoms with van der Waals surface area (Å²) in [4.78, 5) is 2.43. The molecule has 1 saturated heterocycles. The van der Waals surface area contributed by atoms with E-state index in [0.717, 1.165) is 37.2 Å². The van der Waals surface area contributed by atoms with Crippen molar-refractivity contribution in [2.75, 3.05) is 38.3 Å². The molecule has 1 heterocycles. The van der Waals surface area contributed by atoms with E-state index in [9.17, 15) is 0 Å². The fraction of sp³-hybridized carbons (Fsp3) is 0.571. The molecule has 0 aliphatic carbocycles. The van der Waals surface area contributed by atoms with Gasteiger partial charge in [0.15, 0.2) is 0 Å². The molecule has 1 aliphatic rings. The Labute approximate surface area is 118 Å². The van der Waals surface area contributed by atoms with E-state index in [1.165, 1.54) is 11.3 Å². The third-order valence-corrected chi connectivity index (χ3v) is 3.95. The molecular weight excluding hydrogens is 292 g/mol. The van der Waals surface area contributed by atoms with Crippen molar-refractivity contribution >= 4 is 21.6 Å². The van der Waals surface area contributed by atoms with Crippen molar-refractivity contribution in [3.05, 3.63) is 28.2 Å². The van der Waals surface area contributed by atoms with Crippen LogP contribution in [-0.2, 0) is 4.74 Å². The number of ether oxygens (including phenoxy) is 1. The average Bonchev–Trinajstić information content (AvgIpc) is 2.66. The monoisotopic (exact) mass is 312 g/mol. The molecule has 0 spiro atoms. The zero-order valence-electron chi connectivity index (χ0n) is 11.1. The predicted molar refractivity (Wildman–Crippen MR) is 79.3 cm³/mol. The lowest BCUT2D eigenvalue weighted by molar-refractivity contribution is 0.152. The molecule has 0 radical (unpaired) electrons. The van der Waals surface area contributed by atoms with E-state index in [2.05, 4.69) is 51.3 Å². The Hall–Kier alpha value is -0.580. The quantitative estimate of drug-likeness (QED) is 0.928. The molecule has 1 atom stereocenters. The highest BCUT2D eigenvalue weighted by Crippen LogP contribution is 2.30. The number of hydrogen-bond acceptors (Lipinski definition) is 3. The first-order valence-corrected chi connectivity index (χ1v) is 7.31. The lowest BCUT2D eigenvalue weighted by Gasteiger charge is -2.27. The van der Waals surface area contributed by atoms with Gasteiger partial charge in [0.05, 0.1) is 6.61 Å². The summed E-state index contributed by atoms with van der Waals surface area (Å²) in [6.45, 7) is 5.93. The normalized spacial score (nSPS) is 18.5. The average molecular weight is 313 g/mol. The van der Waals surface area contributed by atoms with Crippen molar-refractivity contribution in [1.82, 2.24) is 5.32 Å². The minimum atomic E-state index is 0.359. The Morgan fingerprint density at radius 3 is 2.94 bits per heavy atom. The molecule has 2 rings (SSSR count). The van der Waals surface area contributed by atoms with E-state index in [1.54, 1.807) is 0 Å². The molecule has 1 fully saturated rings. The van der Waals surface area contributed by atoms with Gasteiger partial charge in [-0.3, -0.25) is 0 Å². The molecule has 1 aromatic rings. The second-order valence-corrected chi connectivity index (χ2v) is 5.58. The first kappa shape index (κ1) is 13.8. The fourth-order valence-corrected chi connectivity index (χ4v) is 2.65. The first-order chi connectivity index (χ1) is 8.72. The minimum absolute atomic E-state index is 0.359. The summed E-state index contributed by atoms with van der Waals surface area (Å²) in [6, 6.07) is 6.89. The summed E-state index contributed by atoms with van der Waals surface area (Å²) in [5.41, 5.74) is 2.67. The second-order valence-electron chi connectivity index (χ2n) is 4.67. The van der Waals surface area contributed by atoms with E-state index in [1.807, 2.05) is 7.05 Å². The predicted octanol–water partition coefficient (Wildman–Crippen LogP) is 2.96. The van der Waals surface area contributed by atoms with Gasteiger partial charge in [0.2, 0.25) is 0 Å². The highest BCUT2D eigenvalue weighted by atomic mass is 79.9. The molecule has 18 heavy (non-hydrogen) atoms. The summed E-state index contributed by atoms with van der Waals surface area (Å²) >= 11 is 3.58. The molecule has 4 heteroatoms. The third kappa shape index (κ3) is 3.25. The number of halogens is 1. The van der Waals surface area contributed by atoms with Gasteiger partial charge in [-0.25, -0.2) is 0 Å². The molecule has 1 unspecified atom stereocenters. The van der Waals surface area contributed by atoms with Crippen LogP contribution in [-0.4, -0.2) is 33.4 Å². The summed E-state index contributed by atoms with van der Waals surface area (Å²) in [7, 11) is 2.00. The van der Waals surface area contributed by atoms with Crippen LogP contribution in [0.1, 0.15) is 24.9 Å². The second kappa shape index (κ2) is 6.55. The molecule has 3 nitrogen and oxygen atoms in total. The maximum Gasteiger partial charge on any atom is 0.0641 e. The third-order valence-electron chi connectivity index (χ3n) is 3.45. The van der Waals surface area contributed by atoms with Gasteiger partial charge >= 0.3 is 0 Å². The van der Waals surface area contributed by atoms with Gasteiger partial charge in [-0.05, 0) is 38.1 Å². The van der Waals surface area contributed by atoms with Crippen molar-refractivity contribution in [3.8, 4) is 0 Å². The maximum atomic E-state index is 5.53. The first-order valence-electron chi connectivity index (χ1n) is 6.52. The molecule has 0 saturated carbocycles. The largest absolute Gasteiger partial charge is 0.380 e. The number of benzene rings is 1. The Morgan fingerprint density at radius 2 is 2.17 bits per heavy atom. The lowest BCUT2D eigenvalue weighted by Crippen LogP contribution is -2.28. The van der Waals surface area contributed by atoms with Crippen LogP contribution in [0.2, 0.25) is 0 Å². The van der Waals surface area contributed by atoms with Crippen molar-refractivity contribution in [2.24, 2.45) is 0 Å². The van der Waals surface area contributed by atoms with Gasteiger partial charge in [0, 0.05) is 35.9 Å². The number of nitrogens with zero attached hydrogens (tertiary/aromatic N) is 1. The molecule has 0 aromatic heterocycles. The molecule has 1 aliphatic heterocycles. The summed E-state index contributed by atoms with van der Waals surface area (Å²) in [6.07, 6.45) is 1.10. The van der Waals surface area contributed by atoms with Crippen LogP contribution in [0, 0.1) is 0 Å². The minimum Gasteiger partial charge on any atom is -0.380 e. The number of hydrogen-bond donors (Lipinski definition) is 1. The van der Waals surface area contributed by atoms with Gasteiger partial charge in [-0.2, -0.15) is 0 Å². The van der Waals surface area contributed by atoms with Gasteiger partial charge in [0.1, 0.15) is 0 Å². The van der Waals surface area contributed by atoms with Crippen LogP contribution >= 0.6 is 15.9 Å². The molecular formula is C14H21BrN2O. The molecule has 100 valence electrons. The molecule has 1 aromatic carbocycles. The summed E-state index contributed by atoms with van der Waals surface area (Å²) in [5.74, 6) is 0. The van der Waals surface area contributed by atoms with Crippen LogP contribution in [0.4, 0.5) is 5.69 Å². The van der Waals surface area contributed by atoms with E-state index in [4.69, 9.17) is 4.74 Å². The van der Waals surface area contributed by atoms with Crippen LogP contribution < -0.4 is 10.2 Å². The van der Waals surface area contributed by atoms with E-state index in [-0.39, 0.29) is 0 Å². The summed E-state index contributed by atoms with van der Waals surface area (Å²) < 4.78 is 6.67. The van der Waals surface area contributed by atoms with Crippen molar-refractivity contribution < 1.29 is 4.74 Å². The Bertz CT molecular complexity index is 389. The standard InChI is InChI=1S/C14H21BrN2O/c1-11(16-2)13-5-4-12(15)10-14(13)17-6-3-8-18-9-7-17/h4-5,10-11,16H,3,6-9H2,1-2H3. The fourth-order valence-electron chi connectivity index (χ4n) is 2.30. The highest BCUT2D eigenvalue weighted by molar-refractivity contribution is 9.10. The summed E-state index contributed by atoms with van der Waals surface area (Å²) in [5, 5.41) is 3.32. The van der Waals surface area contributed by atoms with Crippen LogP contribution in [0.15, 0.2) is 22.7 Å². The smallest absolute Gasteiger partial charge is 0.0641 e. The van der Waals surface area contributed by atoms with Gasteiger partial charge in [0.25, 0.3) is 0 Å². The Balaban J connectivity index is 2.30. The van der Waals surface area contributed by atoms with Crippen molar-refractivity contribution in [1.29, 1.82) is 0 Å². The van der Waals surface area contributed by atoms with Gasteiger partial charge < -0.3 is 15.0 Å². The molecule has 0 amide bonds. The van der Waals surface area contributed by atoms with Crippen molar-refractivity contribution in [2.45, 2.75) is 19.4 Å². The zero-order valence-corrected chi connectivity index (χ0v) is 12.7. The zero-order chi connectivity index (χ0) is 13.0. The van der Waals surface area contributed by atoms with E-state index in [0.29, 0.717) is 6.04 Å². The number of anilines is 1. The number of nitrogens with one attached hydrogen (secondary N) is 1. The molecule has 0 bridgehead atoms. The van der Waals surface area contributed by atoms with Crippen LogP contribution in [0.3, 0.4) is 0 Å². The van der Waals surface area contributed by atoms with Gasteiger partial charge in [-0.1, -0.05) is 22.0 Å². The highest BCUT2D eigenvalue weighted by Gasteiger charge is 2.16. The lowest BCUT2D eigenvalue weighted by atomic mass is 10.1. The molecule has 1 N–H and O–H groups in total. The number of rotatable bonds is 3. The van der Waals surface area contributed by atoms with Crippen LogP contribution in [0.25, 0.3) is 0 Å². The topological polar surface area (TPSA) is 24.5 Å². The van der Waals surface area contributed by atoms with E-state index < -0.39 is 0 Å². The van der Waals surface area contributed by atoms with Gasteiger partial charge in [-0.15, -0.1) is 0 Å². The Morgan fingerprint density at radius 1 is 1.33 bits per heavy atom. The maximum absolute atomic E-state index is 5.53. The van der Waals surface area contributed by atoms with Crippen molar-refractivity contribution in [3.63, 3.8) is 0 Å². The van der Waals surface area contributed by atoms with E-state index >= 15 is 0 Å². The Kier molecular flexibility index (Phi) is 5.03. The van der Waals surface area contributed by atoms with Crippen LogP contribution in [0.5, 0.6) is 0 Å².